The molecule has 6 heavy (non-hydrogen) atoms. The summed E-state index contributed by atoms with van der Waals surface area (Å²) >= 11 is 0. The minimum absolute atomic E-state index is 1.17. The van der Waals surface area contributed by atoms with Gasteiger partial charge in [0.1, 0.15) is 6.79 Å². The predicted octanol–water partition coefficient (Wildman–Crippen LogP) is 1.40. The van der Waals surface area contributed by atoms with E-state index in [1.54, 1.807) is 0 Å². The number of carbonyl (C=O) groups is 1. The lowest BCUT2D eigenvalue weighted by Crippen LogP contribution is -1.43. The highest BCUT2D eigenvalue weighted by atomic mass is 16.1. The van der Waals surface area contributed by atoms with Crippen LogP contribution in [-0.2, 0) is 4.79 Å². The van der Waals surface area contributed by atoms with Gasteiger partial charge in [-0.2, -0.15) is 0 Å². The van der Waals surface area contributed by atoms with Crippen molar-refractivity contribution in [2.45, 2.75) is 13.8 Å². The molecular weight excluding hydrogens is 76.1 g/mol. The van der Waals surface area contributed by atoms with Crippen molar-refractivity contribution in [3.05, 3.63) is 12.2 Å². The van der Waals surface area contributed by atoms with E-state index in [1.165, 1.54) is 5.57 Å². The summed E-state index contributed by atoms with van der Waals surface area (Å²) in [6.07, 6.45) is 0. The Morgan fingerprint density at radius 1 is 1.33 bits per heavy atom. The summed E-state index contributed by atoms with van der Waals surface area (Å²) in [6.45, 7) is 9.50. The Morgan fingerprint density at radius 2 is 1.33 bits per heavy atom. The van der Waals surface area contributed by atoms with Gasteiger partial charge in [0.2, 0.25) is 0 Å². The summed E-state index contributed by atoms with van der Waals surface area (Å²) < 4.78 is 0. The van der Waals surface area contributed by atoms with Crippen molar-refractivity contribution in [2.75, 3.05) is 0 Å². The number of allylic oxidation sites excluding steroid dienone is 1. The Bertz CT molecular complexity index is 35.2. The van der Waals surface area contributed by atoms with Crippen molar-refractivity contribution < 1.29 is 4.79 Å². The van der Waals surface area contributed by atoms with Gasteiger partial charge in [0.25, 0.3) is 0 Å². The zero-order valence-electron chi connectivity index (χ0n) is 4.32. The van der Waals surface area contributed by atoms with E-state index in [4.69, 9.17) is 4.79 Å². The molecule has 0 aliphatic heterocycles. The highest BCUT2D eigenvalue weighted by molar-refractivity contribution is 5.10. The molecule has 36 valence electrons. The van der Waals surface area contributed by atoms with E-state index >= 15 is 0 Å². The standard InChI is InChI=1S/C4H8.CH2O/c1-4(2)3;1-2/h1H2,2-3H3;1H2. The largest absolute Gasteiger partial charge is 0.307 e. The lowest BCUT2D eigenvalue weighted by molar-refractivity contribution is -0.0979. The molecule has 0 atom stereocenters. The summed E-state index contributed by atoms with van der Waals surface area (Å²) in [7, 11) is 0. The summed E-state index contributed by atoms with van der Waals surface area (Å²) in [4.78, 5) is 8.00. The first-order chi connectivity index (χ1) is 2.73. The lowest BCUT2D eigenvalue weighted by Gasteiger charge is -1.65. The second-order valence-electron chi connectivity index (χ2n) is 1.21. The van der Waals surface area contributed by atoms with E-state index in [2.05, 4.69) is 6.58 Å². The Labute approximate surface area is 38.7 Å². The van der Waals surface area contributed by atoms with Crippen molar-refractivity contribution in [3.8, 4) is 0 Å². The minimum atomic E-state index is 1.17. The average Bonchev–Trinajstić information content (AvgIpc) is 1.41. The number of carbonyl (C=O) groups excluding carboxylic acids is 1. The molecule has 0 rings (SSSR count). The van der Waals surface area contributed by atoms with E-state index in [9.17, 15) is 0 Å². The van der Waals surface area contributed by atoms with Gasteiger partial charge in [0, 0.05) is 0 Å². The average molecular weight is 86.1 g/mol. The maximum Gasteiger partial charge on any atom is 0.106 e. The van der Waals surface area contributed by atoms with Crippen LogP contribution in [0.4, 0.5) is 0 Å². The van der Waals surface area contributed by atoms with Crippen molar-refractivity contribution in [2.24, 2.45) is 0 Å². The molecule has 1 heteroatoms. The van der Waals surface area contributed by atoms with Crippen LogP contribution in [0, 0.1) is 0 Å². The van der Waals surface area contributed by atoms with E-state index < -0.39 is 0 Å². The van der Waals surface area contributed by atoms with Crippen LogP contribution in [-0.4, -0.2) is 6.79 Å². The maximum atomic E-state index is 8.00. The molecule has 0 aromatic carbocycles. The van der Waals surface area contributed by atoms with E-state index in [1.807, 2.05) is 20.6 Å². The van der Waals surface area contributed by atoms with Gasteiger partial charge in [-0.1, -0.05) is 5.57 Å². The first-order valence-electron chi connectivity index (χ1n) is 1.64. The van der Waals surface area contributed by atoms with Crippen LogP contribution in [0.2, 0.25) is 0 Å². The van der Waals surface area contributed by atoms with Gasteiger partial charge in [-0.05, 0) is 13.8 Å². The van der Waals surface area contributed by atoms with Gasteiger partial charge in [0.15, 0.2) is 0 Å². The first-order valence-corrected chi connectivity index (χ1v) is 1.64. The predicted molar refractivity (Wildman–Crippen MR) is 27.6 cm³/mol. The molecule has 0 heterocycles. The molecule has 0 aromatic heterocycles. The summed E-state index contributed by atoms with van der Waals surface area (Å²) in [5.41, 5.74) is 1.17. The van der Waals surface area contributed by atoms with Crippen LogP contribution in [0.25, 0.3) is 0 Å². The molecule has 0 aliphatic rings. The molecule has 0 amide bonds. The fourth-order valence-electron chi connectivity index (χ4n) is 0. The van der Waals surface area contributed by atoms with Crippen molar-refractivity contribution in [1.29, 1.82) is 0 Å². The summed E-state index contributed by atoms with van der Waals surface area (Å²) in [6, 6.07) is 0. The smallest absolute Gasteiger partial charge is 0.106 e. The fraction of sp³-hybridized carbons (Fsp3) is 0.400. The first kappa shape index (κ1) is 9.05. The lowest BCUT2D eigenvalue weighted by atomic mass is 10.4. The highest BCUT2D eigenvalue weighted by Crippen LogP contribution is 1.73. The molecule has 0 radical (unpaired) electrons. The van der Waals surface area contributed by atoms with Crippen LogP contribution in [0.15, 0.2) is 12.2 Å². The van der Waals surface area contributed by atoms with Crippen LogP contribution in [0.3, 0.4) is 0 Å². The third-order valence-corrected chi connectivity index (χ3v) is 0. The maximum absolute atomic E-state index is 8.00. The van der Waals surface area contributed by atoms with E-state index in [-0.39, 0.29) is 0 Å². The fourth-order valence-corrected chi connectivity index (χ4v) is 0. The summed E-state index contributed by atoms with van der Waals surface area (Å²) in [5.74, 6) is 0. The molecule has 0 bridgehead atoms. The Hall–Kier alpha value is -0.590. The number of hydrogen-bond donors (Lipinski definition) is 0. The van der Waals surface area contributed by atoms with Gasteiger partial charge in [-0.25, -0.2) is 0 Å². The zero-order valence-corrected chi connectivity index (χ0v) is 4.32. The number of hydrogen-bond acceptors (Lipinski definition) is 1. The van der Waals surface area contributed by atoms with Crippen LogP contribution in [0.1, 0.15) is 13.8 Å². The zero-order chi connectivity index (χ0) is 5.58. The topological polar surface area (TPSA) is 17.1 Å². The van der Waals surface area contributed by atoms with Crippen LogP contribution in [0.5, 0.6) is 0 Å². The monoisotopic (exact) mass is 86.1 g/mol. The van der Waals surface area contributed by atoms with Crippen molar-refractivity contribution in [3.63, 3.8) is 0 Å². The second kappa shape index (κ2) is 8.83. The molecule has 0 unspecified atom stereocenters. The van der Waals surface area contributed by atoms with Gasteiger partial charge in [-0.3, -0.25) is 0 Å². The van der Waals surface area contributed by atoms with Crippen LogP contribution >= 0.6 is 0 Å². The van der Waals surface area contributed by atoms with Crippen molar-refractivity contribution >= 4 is 6.79 Å². The molecule has 0 saturated heterocycles. The van der Waals surface area contributed by atoms with Crippen molar-refractivity contribution in [1.82, 2.24) is 0 Å². The van der Waals surface area contributed by atoms with Crippen LogP contribution < -0.4 is 0 Å². The minimum Gasteiger partial charge on any atom is -0.307 e. The third-order valence-electron chi connectivity index (χ3n) is 0. The second-order valence-corrected chi connectivity index (χ2v) is 1.21. The highest BCUT2D eigenvalue weighted by Gasteiger charge is 1.51. The molecule has 0 saturated carbocycles. The Kier molecular flexibility index (Phi) is 13.3. The van der Waals surface area contributed by atoms with E-state index in [0.29, 0.717) is 0 Å². The third kappa shape index (κ3) is 56.9. The summed E-state index contributed by atoms with van der Waals surface area (Å²) in [5, 5.41) is 0. The molecule has 0 N–H and O–H groups in total. The molecule has 0 spiro atoms. The van der Waals surface area contributed by atoms with Gasteiger partial charge in [0.05, 0.1) is 0 Å². The van der Waals surface area contributed by atoms with E-state index in [0.717, 1.165) is 0 Å². The Morgan fingerprint density at radius 3 is 1.33 bits per heavy atom. The normalized spacial score (nSPS) is 5.00. The molecule has 0 aliphatic carbocycles. The quantitative estimate of drug-likeness (QED) is 0.407. The van der Waals surface area contributed by atoms with Gasteiger partial charge < -0.3 is 4.79 Å². The van der Waals surface area contributed by atoms with Gasteiger partial charge in [-0.15, -0.1) is 6.58 Å². The molecule has 0 fully saturated rings. The SMILES string of the molecule is C=C(C)C.C=O. The van der Waals surface area contributed by atoms with Gasteiger partial charge >= 0.3 is 0 Å². The molecule has 0 aromatic rings. The number of rotatable bonds is 0. The molecule has 1 nitrogen and oxygen atoms in total. The Balaban J connectivity index is 0. The molecular formula is C5H10O.